The summed E-state index contributed by atoms with van der Waals surface area (Å²) in [5.41, 5.74) is 2.36. The predicted molar refractivity (Wildman–Crippen MR) is 102 cm³/mol. The van der Waals surface area contributed by atoms with Gasteiger partial charge >= 0.3 is 6.03 Å². The highest BCUT2D eigenvalue weighted by molar-refractivity contribution is 5.95. The molecule has 0 aromatic heterocycles. The van der Waals surface area contributed by atoms with E-state index < -0.39 is 0 Å². The normalized spacial score (nSPS) is 13.0. The summed E-state index contributed by atoms with van der Waals surface area (Å²) in [5.74, 6) is 1.00. The first-order chi connectivity index (χ1) is 12.7. The van der Waals surface area contributed by atoms with E-state index >= 15 is 0 Å². The number of benzene rings is 2. The van der Waals surface area contributed by atoms with E-state index in [1.807, 2.05) is 30.3 Å². The molecule has 1 aliphatic rings. The van der Waals surface area contributed by atoms with Gasteiger partial charge in [0.25, 0.3) is 0 Å². The molecule has 3 N–H and O–H groups in total. The number of hydrogen-bond donors (Lipinski definition) is 3. The molecule has 0 aliphatic heterocycles. The second-order valence-electron chi connectivity index (χ2n) is 6.29. The van der Waals surface area contributed by atoms with E-state index in [9.17, 15) is 9.59 Å². The van der Waals surface area contributed by atoms with Crippen LogP contribution in [0.3, 0.4) is 0 Å². The van der Waals surface area contributed by atoms with Gasteiger partial charge in [0.05, 0.1) is 7.11 Å². The Morgan fingerprint density at radius 2 is 1.77 bits per heavy atom. The topological polar surface area (TPSA) is 79.5 Å². The van der Waals surface area contributed by atoms with Gasteiger partial charge in [-0.25, -0.2) is 4.79 Å². The van der Waals surface area contributed by atoms with Crippen molar-refractivity contribution in [2.75, 3.05) is 24.3 Å². The number of hydrogen-bond acceptors (Lipinski definition) is 3. The van der Waals surface area contributed by atoms with Crippen LogP contribution in [0.4, 0.5) is 16.2 Å². The number of anilines is 2. The van der Waals surface area contributed by atoms with Crippen LogP contribution < -0.4 is 20.7 Å². The molecule has 2 aromatic carbocycles. The number of ether oxygens (including phenoxy) is 1. The molecule has 136 valence electrons. The quantitative estimate of drug-likeness (QED) is 0.714. The molecule has 0 heterocycles. The Bertz CT molecular complexity index is 787. The first kappa shape index (κ1) is 17.8. The van der Waals surface area contributed by atoms with E-state index in [0.717, 1.165) is 24.2 Å². The molecule has 2 aromatic rings. The first-order valence-corrected chi connectivity index (χ1v) is 8.73. The van der Waals surface area contributed by atoms with Crippen LogP contribution in [0.1, 0.15) is 18.4 Å². The fourth-order valence-corrected chi connectivity index (χ4v) is 2.66. The van der Waals surface area contributed by atoms with Gasteiger partial charge in [0, 0.05) is 23.8 Å². The molecule has 6 nitrogen and oxygen atoms in total. The molecule has 0 atom stereocenters. The van der Waals surface area contributed by atoms with Crippen LogP contribution in [0.5, 0.6) is 5.75 Å². The molecule has 1 aliphatic carbocycles. The zero-order valence-corrected chi connectivity index (χ0v) is 14.7. The Balaban J connectivity index is 1.47. The van der Waals surface area contributed by atoms with Gasteiger partial charge in [0.1, 0.15) is 5.75 Å². The highest BCUT2D eigenvalue weighted by atomic mass is 16.5. The highest BCUT2D eigenvalue weighted by Gasteiger charge is 2.29. The maximum Gasteiger partial charge on any atom is 0.319 e. The van der Waals surface area contributed by atoms with Crippen molar-refractivity contribution in [3.63, 3.8) is 0 Å². The minimum atomic E-state index is -0.287. The van der Waals surface area contributed by atoms with Crippen molar-refractivity contribution in [3.8, 4) is 5.75 Å². The minimum absolute atomic E-state index is 0.0448. The second-order valence-corrected chi connectivity index (χ2v) is 6.29. The van der Waals surface area contributed by atoms with Crippen LogP contribution in [0, 0.1) is 5.92 Å². The monoisotopic (exact) mass is 353 g/mol. The number of carbonyl (C=O) groups excluding carboxylic acids is 2. The summed E-state index contributed by atoms with van der Waals surface area (Å²) in [6.45, 7) is 0.490. The van der Waals surface area contributed by atoms with Gasteiger partial charge in [-0.05, 0) is 49.1 Å². The third-order valence-corrected chi connectivity index (χ3v) is 4.21. The summed E-state index contributed by atoms with van der Waals surface area (Å²) < 4.78 is 5.30. The Hall–Kier alpha value is -3.02. The molecule has 0 radical (unpaired) electrons. The Morgan fingerprint density at radius 1 is 1.04 bits per heavy atom. The maximum atomic E-state index is 12.1. The zero-order chi connectivity index (χ0) is 18.4. The predicted octanol–water partition coefficient (Wildman–Crippen LogP) is 3.41. The van der Waals surface area contributed by atoms with Gasteiger partial charge in [0.2, 0.25) is 5.91 Å². The molecule has 3 amide bonds. The number of methoxy groups -OCH3 is 1. The number of rotatable bonds is 7. The molecule has 26 heavy (non-hydrogen) atoms. The van der Waals surface area contributed by atoms with Crippen molar-refractivity contribution >= 4 is 23.3 Å². The summed E-state index contributed by atoms with van der Waals surface area (Å²) >= 11 is 0. The highest BCUT2D eigenvalue weighted by Crippen LogP contribution is 2.30. The molecule has 3 rings (SSSR count). The van der Waals surface area contributed by atoms with Crippen LogP contribution in [-0.2, 0) is 11.2 Å². The molecule has 0 bridgehead atoms. The molecule has 1 fully saturated rings. The van der Waals surface area contributed by atoms with Crippen LogP contribution in [0.2, 0.25) is 0 Å². The lowest BCUT2D eigenvalue weighted by Gasteiger charge is -2.11. The van der Waals surface area contributed by atoms with Crippen molar-refractivity contribution in [1.29, 1.82) is 0 Å². The number of carbonyl (C=O) groups is 2. The van der Waals surface area contributed by atoms with Gasteiger partial charge in [-0.1, -0.05) is 24.3 Å². The van der Waals surface area contributed by atoms with E-state index in [1.54, 1.807) is 25.3 Å². The van der Waals surface area contributed by atoms with Crippen molar-refractivity contribution in [3.05, 3.63) is 54.1 Å². The fraction of sp³-hybridized carbons (Fsp3) is 0.300. The number of para-hydroxylation sites is 1. The third kappa shape index (κ3) is 4.99. The SMILES string of the molecule is COc1ccccc1CCNC(=O)Nc1cccc(NC(=O)C2CC2)c1. The summed E-state index contributed by atoms with van der Waals surface area (Å²) in [4.78, 5) is 23.9. The van der Waals surface area contributed by atoms with Gasteiger partial charge in [0.15, 0.2) is 0 Å². The maximum absolute atomic E-state index is 12.1. The Labute approximate surface area is 152 Å². The van der Waals surface area contributed by atoms with Gasteiger partial charge in [-0.3, -0.25) is 4.79 Å². The minimum Gasteiger partial charge on any atom is -0.496 e. The average molecular weight is 353 g/mol. The molecule has 0 spiro atoms. The fourth-order valence-electron chi connectivity index (χ4n) is 2.66. The van der Waals surface area contributed by atoms with Crippen molar-refractivity contribution < 1.29 is 14.3 Å². The van der Waals surface area contributed by atoms with Crippen LogP contribution in [-0.4, -0.2) is 25.6 Å². The van der Waals surface area contributed by atoms with Gasteiger partial charge in [-0.15, -0.1) is 0 Å². The Morgan fingerprint density at radius 3 is 2.50 bits per heavy atom. The summed E-state index contributed by atoms with van der Waals surface area (Å²) in [7, 11) is 1.63. The summed E-state index contributed by atoms with van der Waals surface area (Å²) in [6, 6.07) is 14.6. The molecular formula is C20H23N3O3. The zero-order valence-electron chi connectivity index (χ0n) is 14.7. The van der Waals surface area contributed by atoms with Crippen molar-refractivity contribution in [2.45, 2.75) is 19.3 Å². The number of amides is 3. The lowest BCUT2D eigenvalue weighted by atomic mass is 10.1. The Kier molecular flexibility index (Phi) is 5.73. The molecular weight excluding hydrogens is 330 g/mol. The second kappa shape index (κ2) is 8.38. The molecule has 0 saturated heterocycles. The lowest BCUT2D eigenvalue weighted by molar-refractivity contribution is -0.117. The van der Waals surface area contributed by atoms with Crippen LogP contribution in [0.25, 0.3) is 0 Å². The third-order valence-electron chi connectivity index (χ3n) is 4.21. The number of urea groups is 1. The lowest BCUT2D eigenvalue weighted by Crippen LogP contribution is -2.30. The standard InChI is InChI=1S/C20H23N3O3/c1-26-18-8-3-2-5-14(18)11-12-21-20(25)23-17-7-4-6-16(13-17)22-19(24)15-9-10-15/h2-8,13,15H,9-12H2,1H3,(H,22,24)(H2,21,23,25). The molecule has 6 heteroatoms. The van der Waals surface area contributed by atoms with E-state index in [4.69, 9.17) is 4.74 Å². The van der Waals surface area contributed by atoms with E-state index in [2.05, 4.69) is 16.0 Å². The van der Waals surface area contributed by atoms with Gasteiger partial charge in [-0.2, -0.15) is 0 Å². The van der Waals surface area contributed by atoms with E-state index in [1.165, 1.54) is 0 Å². The van der Waals surface area contributed by atoms with Crippen molar-refractivity contribution in [1.82, 2.24) is 5.32 Å². The molecule has 0 unspecified atom stereocenters. The van der Waals surface area contributed by atoms with Crippen LogP contribution in [0.15, 0.2) is 48.5 Å². The van der Waals surface area contributed by atoms with Crippen molar-refractivity contribution in [2.24, 2.45) is 5.92 Å². The largest absolute Gasteiger partial charge is 0.496 e. The first-order valence-electron chi connectivity index (χ1n) is 8.73. The average Bonchev–Trinajstić information content (AvgIpc) is 3.47. The molecule has 1 saturated carbocycles. The van der Waals surface area contributed by atoms with Crippen LogP contribution >= 0.6 is 0 Å². The van der Waals surface area contributed by atoms with Gasteiger partial charge < -0.3 is 20.7 Å². The van der Waals surface area contributed by atoms with E-state index in [-0.39, 0.29) is 17.9 Å². The van der Waals surface area contributed by atoms with E-state index in [0.29, 0.717) is 24.3 Å². The number of nitrogens with one attached hydrogen (secondary N) is 3. The summed E-state index contributed by atoms with van der Waals surface area (Å²) in [5, 5.41) is 8.48. The smallest absolute Gasteiger partial charge is 0.319 e. The summed E-state index contributed by atoms with van der Waals surface area (Å²) in [6.07, 6.45) is 2.59.